The Labute approximate surface area is 76.5 Å². The third-order valence-corrected chi connectivity index (χ3v) is 1.63. The molecule has 1 aliphatic rings. The summed E-state index contributed by atoms with van der Waals surface area (Å²) in [6.45, 7) is 0.828. The molecule has 0 unspecified atom stereocenters. The number of esters is 2. The minimum Gasteiger partial charge on any atom is -0.463 e. The van der Waals surface area contributed by atoms with E-state index in [1.807, 2.05) is 0 Å². The van der Waals surface area contributed by atoms with Crippen LogP contribution in [0.5, 0.6) is 0 Å². The van der Waals surface area contributed by atoms with Gasteiger partial charge in [0.05, 0.1) is 13.2 Å². The van der Waals surface area contributed by atoms with Crippen LogP contribution in [0.2, 0.25) is 0 Å². The Morgan fingerprint density at radius 3 is 1.77 bits per heavy atom. The third kappa shape index (κ3) is 4.30. The number of carbonyl (C=O) groups excluding carboxylic acids is 2. The van der Waals surface area contributed by atoms with Crippen molar-refractivity contribution in [3.63, 3.8) is 0 Å². The van der Waals surface area contributed by atoms with Crippen LogP contribution in [0, 0.1) is 0 Å². The van der Waals surface area contributed by atoms with Gasteiger partial charge in [0.2, 0.25) is 0 Å². The number of ether oxygens (including phenoxy) is 2. The van der Waals surface area contributed by atoms with Crippen molar-refractivity contribution in [2.75, 3.05) is 13.2 Å². The molecule has 4 nitrogen and oxygen atoms in total. The SMILES string of the molecule is O=C1C=CC(=O)OCCCCCO1. The molecule has 0 aliphatic carbocycles. The quantitative estimate of drug-likeness (QED) is 0.523. The molecule has 1 rings (SSSR count). The summed E-state index contributed by atoms with van der Waals surface area (Å²) < 4.78 is 9.58. The molecule has 0 amide bonds. The largest absolute Gasteiger partial charge is 0.463 e. The van der Waals surface area contributed by atoms with Crippen molar-refractivity contribution in [2.24, 2.45) is 0 Å². The number of hydrogen-bond donors (Lipinski definition) is 0. The van der Waals surface area contributed by atoms with E-state index in [0.717, 1.165) is 31.4 Å². The third-order valence-electron chi connectivity index (χ3n) is 1.63. The van der Waals surface area contributed by atoms with Crippen LogP contribution in [0.15, 0.2) is 12.2 Å². The first-order chi connectivity index (χ1) is 6.29. The minimum absolute atomic E-state index is 0.414. The summed E-state index contributed by atoms with van der Waals surface area (Å²) in [5.74, 6) is -0.974. The first kappa shape index (κ1) is 9.77. The molecule has 0 radical (unpaired) electrons. The lowest BCUT2D eigenvalue weighted by Crippen LogP contribution is -2.03. The zero-order chi connectivity index (χ0) is 9.52. The highest BCUT2D eigenvalue weighted by molar-refractivity contribution is 5.91. The molecule has 1 aliphatic heterocycles. The van der Waals surface area contributed by atoms with Gasteiger partial charge in [0.15, 0.2) is 0 Å². The average molecular weight is 184 g/mol. The van der Waals surface area contributed by atoms with E-state index in [1.54, 1.807) is 0 Å². The van der Waals surface area contributed by atoms with Crippen molar-refractivity contribution in [3.8, 4) is 0 Å². The molecule has 0 aromatic carbocycles. The molecule has 0 saturated carbocycles. The summed E-state index contributed by atoms with van der Waals surface area (Å²) >= 11 is 0. The van der Waals surface area contributed by atoms with Crippen LogP contribution >= 0.6 is 0 Å². The molecular formula is C9H12O4. The van der Waals surface area contributed by atoms with Crippen LogP contribution in [0.1, 0.15) is 19.3 Å². The molecule has 0 fully saturated rings. The molecule has 4 heteroatoms. The maximum absolute atomic E-state index is 10.8. The van der Waals surface area contributed by atoms with Gasteiger partial charge in [0.1, 0.15) is 0 Å². The van der Waals surface area contributed by atoms with Gasteiger partial charge in [-0.1, -0.05) is 0 Å². The lowest BCUT2D eigenvalue weighted by Gasteiger charge is -2.00. The van der Waals surface area contributed by atoms with Gasteiger partial charge in [-0.25, -0.2) is 9.59 Å². The van der Waals surface area contributed by atoms with Crippen LogP contribution in [0.25, 0.3) is 0 Å². The number of hydrogen-bond acceptors (Lipinski definition) is 4. The maximum Gasteiger partial charge on any atom is 0.331 e. The van der Waals surface area contributed by atoms with Crippen molar-refractivity contribution >= 4 is 11.9 Å². The van der Waals surface area contributed by atoms with Gasteiger partial charge in [-0.05, 0) is 19.3 Å². The van der Waals surface area contributed by atoms with Gasteiger partial charge < -0.3 is 9.47 Å². The zero-order valence-electron chi connectivity index (χ0n) is 7.32. The van der Waals surface area contributed by atoms with Crippen LogP contribution in [-0.2, 0) is 19.1 Å². The second kappa shape index (κ2) is 5.35. The molecule has 1 heterocycles. The Balaban J connectivity index is 2.46. The van der Waals surface area contributed by atoms with E-state index in [4.69, 9.17) is 9.47 Å². The fourth-order valence-corrected chi connectivity index (χ4v) is 0.959. The highest BCUT2D eigenvalue weighted by atomic mass is 16.5. The summed E-state index contributed by atoms with van der Waals surface area (Å²) in [7, 11) is 0. The summed E-state index contributed by atoms with van der Waals surface area (Å²) in [6, 6.07) is 0. The van der Waals surface area contributed by atoms with E-state index in [-0.39, 0.29) is 0 Å². The number of carbonyl (C=O) groups is 2. The van der Waals surface area contributed by atoms with E-state index in [9.17, 15) is 9.59 Å². The highest BCUT2D eigenvalue weighted by Gasteiger charge is 2.03. The summed E-state index contributed by atoms with van der Waals surface area (Å²) in [5, 5.41) is 0. The summed E-state index contributed by atoms with van der Waals surface area (Å²) in [6.07, 6.45) is 4.72. The number of cyclic esters (lactones) is 2. The normalized spacial score (nSPS) is 20.0. The predicted molar refractivity (Wildman–Crippen MR) is 44.9 cm³/mol. The smallest absolute Gasteiger partial charge is 0.331 e. The van der Waals surface area contributed by atoms with Gasteiger partial charge in [0.25, 0.3) is 0 Å². The van der Waals surface area contributed by atoms with E-state index >= 15 is 0 Å². The Morgan fingerprint density at radius 1 is 0.846 bits per heavy atom. The van der Waals surface area contributed by atoms with Gasteiger partial charge in [-0.2, -0.15) is 0 Å². The zero-order valence-corrected chi connectivity index (χ0v) is 7.32. The monoisotopic (exact) mass is 184 g/mol. The van der Waals surface area contributed by atoms with E-state index < -0.39 is 11.9 Å². The molecule has 0 N–H and O–H groups in total. The van der Waals surface area contributed by atoms with E-state index in [1.165, 1.54) is 0 Å². The molecule has 0 aromatic heterocycles. The van der Waals surface area contributed by atoms with E-state index in [0.29, 0.717) is 13.2 Å². The lowest BCUT2D eigenvalue weighted by molar-refractivity contribution is -0.140. The Kier molecular flexibility index (Phi) is 4.02. The van der Waals surface area contributed by atoms with Gasteiger partial charge in [-0.15, -0.1) is 0 Å². The fourth-order valence-electron chi connectivity index (χ4n) is 0.959. The topological polar surface area (TPSA) is 52.6 Å². The van der Waals surface area contributed by atoms with Gasteiger partial charge >= 0.3 is 11.9 Å². The van der Waals surface area contributed by atoms with Gasteiger partial charge in [0, 0.05) is 12.2 Å². The van der Waals surface area contributed by atoms with Crippen molar-refractivity contribution in [1.82, 2.24) is 0 Å². The average Bonchev–Trinajstić information content (AvgIpc) is 2.15. The van der Waals surface area contributed by atoms with E-state index in [2.05, 4.69) is 0 Å². The van der Waals surface area contributed by atoms with Crippen LogP contribution in [0.4, 0.5) is 0 Å². The van der Waals surface area contributed by atoms with Crippen LogP contribution in [-0.4, -0.2) is 25.2 Å². The van der Waals surface area contributed by atoms with Crippen LogP contribution < -0.4 is 0 Å². The summed E-state index contributed by atoms with van der Waals surface area (Å²) in [5.41, 5.74) is 0. The second-order valence-electron chi connectivity index (χ2n) is 2.73. The van der Waals surface area contributed by atoms with Crippen molar-refractivity contribution in [2.45, 2.75) is 19.3 Å². The van der Waals surface area contributed by atoms with Gasteiger partial charge in [-0.3, -0.25) is 0 Å². The molecule has 0 saturated heterocycles. The second-order valence-corrected chi connectivity index (χ2v) is 2.73. The molecular weight excluding hydrogens is 172 g/mol. The predicted octanol–water partition coefficient (Wildman–Crippen LogP) is 0.813. The van der Waals surface area contributed by atoms with Crippen molar-refractivity contribution in [1.29, 1.82) is 0 Å². The lowest BCUT2D eigenvalue weighted by atomic mass is 10.2. The molecule has 13 heavy (non-hydrogen) atoms. The molecule has 0 spiro atoms. The highest BCUT2D eigenvalue weighted by Crippen LogP contribution is 1.99. The molecule has 0 aromatic rings. The Morgan fingerprint density at radius 2 is 1.31 bits per heavy atom. The minimum atomic E-state index is -0.487. The molecule has 0 bridgehead atoms. The first-order valence-electron chi connectivity index (χ1n) is 4.30. The number of rotatable bonds is 0. The maximum atomic E-state index is 10.8. The Hall–Kier alpha value is -1.32. The van der Waals surface area contributed by atoms with Crippen molar-refractivity contribution < 1.29 is 19.1 Å². The van der Waals surface area contributed by atoms with Crippen LogP contribution in [0.3, 0.4) is 0 Å². The molecule has 72 valence electrons. The Bertz CT molecular complexity index is 198. The standard InChI is InChI=1S/C9H12O4/c10-8-4-5-9(11)13-7-3-1-2-6-12-8/h4-5H,1-3,6-7H2. The van der Waals surface area contributed by atoms with Crippen molar-refractivity contribution in [3.05, 3.63) is 12.2 Å². The fraction of sp³-hybridized carbons (Fsp3) is 0.556. The first-order valence-corrected chi connectivity index (χ1v) is 4.30. The molecule has 0 atom stereocenters. The summed E-state index contributed by atoms with van der Waals surface area (Å²) in [4.78, 5) is 21.7.